The van der Waals surface area contributed by atoms with Crippen LogP contribution in [-0.4, -0.2) is 51.5 Å². The number of nitrogens with zero attached hydrogens (tertiary/aromatic N) is 5. The number of aromatic nitrogens is 4. The number of benzene rings is 1. The van der Waals surface area contributed by atoms with Crippen LogP contribution in [0.3, 0.4) is 0 Å². The minimum atomic E-state index is 0.0500. The van der Waals surface area contributed by atoms with Crippen LogP contribution in [0.25, 0.3) is 22.0 Å². The Bertz CT molecular complexity index is 1290. The summed E-state index contributed by atoms with van der Waals surface area (Å²) in [6.07, 6.45) is 5.72. The standard InChI is InChI=1S/C25H26N6O/c1-17-28-16-23(30(17)2)18-3-4-20-15-29-22(12-21(20)11-18)14-24(32)19-5-6-27-25(13-19)31-9-7-26-8-10-31/h3-6,11-13,15-16,26H,7-10,14H2,1-2H3. The second-order valence-electron chi connectivity index (χ2n) is 8.23. The molecule has 0 unspecified atom stereocenters. The van der Waals surface area contributed by atoms with E-state index in [1.807, 2.05) is 38.5 Å². The Labute approximate surface area is 187 Å². The van der Waals surface area contributed by atoms with Crippen LogP contribution in [0.2, 0.25) is 0 Å². The molecule has 1 aromatic carbocycles. The number of piperazine rings is 1. The fourth-order valence-corrected chi connectivity index (χ4v) is 4.14. The summed E-state index contributed by atoms with van der Waals surface area (Å²) in [7, 11) is 2.02. The Balaban J connectivity index is 1.39. The molecule has 1 saturated heterocycles. The molecule has 1 fully saturated rings. The number of carbonyl (C=O) groups excluding carboxylic acids is 1. The summed E-state index contributed by atoms with van der Waals surface area (Å²) < 4.78 is 2.08. The van der Waals surface area contributed by atoms with E-state index in [9.17, 15) is 4.79 Å². The molecule has 162 valence electrons. The van der Waals surface area contributed by atoms with Crippen LogP contribution in [0.5, 0.6) is 0 Å². The second-order valence-corrected chi connectivity index (χ2v) is 8.23. The highest BCUT2D eigenvalue weighted by Crippen LogP contribution is 2.25. The third-order valence-corrected chi connectivity index (χ3v) is 6.14. The Morgan fingerprint density at radius 1 is 1.00 bits per heavy atom. The van der Waals surface area contributed by atoms with Crippen molar-refractivity contribution in [3.63, 3.8) is 0 Å². The molecule has 3 aromatic heterocycles. The van der Waals surface area contributed by atoms with Crippen molar-refractivity contribution in [1.29, 1.82) is 0 Å². The van der Waals surface area contributed by atoms with E-state index in [4.69, 9.17) is 0 Å². The first-order valence-corrected chi connectivity index (χ1v) is 10.9. The maximum absolute atomic E-state index is 13.0. The van der Waals surface area contributed by atoms with Crippen LogP contribution in [-0.2, 0) is 13.5 Å². The predicted octanol–water partition coefficient (Wildman–Crippen LogP) is 3.17. The molecule has 0 atom stereocenters. The zero-order valence-corrected chi connectivity index (χ0v) is 18.4. The summed E-state index contributed by atoms with van der Waals surface area (Å²) in [5.41, 5.74) is 3.60. The van der Waals surface area contributed by atoms with Gasteiger partial charge in [0.25, 0.3) is 0 Å². The largest absolute Gasteiger partial charge is 0.354 e. The van der Waals surface area contributed by atoms with E-state index in [1.54, 1.807) is 12.3 Å². The first kappa shape index (κ1) is 20.3. The SMILES string of the molecule is Cc1ncc(-c2ccc3cnc(CC(=O)c4ccnc(N5CCNCC5)c4)cc3c2)n1C. The van der Waals surface area contributed by atoms with E-state index in [-0.39, 0.29) is 12.2 Å². The van der Waals surface area contributed by atoms with Gasteiger partial charge in [0.15, 0.2) is 5.78 Å². The van der Waals surface area contributed by atoms with Crippen molar-refractivity contribution in [1.82, 2.24) is 24.8 Å². The molecule has 4 aromatic rings. The molecule has 5 rings (SSSR count). The number of carbonyl (C=O) groups is 1. The molecule has 0 radical (unpaired) electrons. The van der Waals surface area contributed by atoms with Crippen molar-refractivity contribution in [2.75, 3.05) is 31.1 Å². The van der Waals surface area contributed by atoms with Gasteiger partial charge in [0.05, 0.1) is 18.3 Å². The highest BCUT2D eigenvalue weighted by atomic mass is 16.1. The predicted molar refractivity (Wildman–Crippen MR) is 126 cm³/mol. The minimum Gasteiger partial charge on any atom is -0.354 e. The molecule has 32 heavy (non-hydrogen) atoms. The zero-order chi connectivity index (χ0) is 22.1. The van der Waals surface area contributed by atoms with Crippen molar-refractivity contribution < 1.29 is 4.79 Å². The molecule has 0 aliphatic carbocycles. The topological polar surface area (TPSA) is 75.9 Å². The molecule has 7 nitrogen and oxygen atoms in total. The molecule has 4 heterocycles. The Hall–Kier alpha value is -3.58. The van der Waals surface area contributed by atoms with Crippen LogP contribution >= 0.6 is 0 Å². The molecule has 1 aliphatic heterocycles. The maximum Gasteiger partial charge on any atom is 0.169 e. The van der Waals surface area contributed by atoms with Gasteiger partial charge in [-0.25, -0.2) is 9.97 Å². The monoisotopic (exact) mass is 426 g/mol. The number of hydrogen-bond donors (Lipinski definition) is 1. The molecule has 0 saturated carbocycles. The van der Waals surface area contributed by atoms with Gasteiger partial charge in [0.2, 0.25) is 0 Å². The number of nitrogens with one attached hydrogen (secondary N) is 1. The number of Topliss-reactive ketones (excluding diaryl/α,β-unsaturated/α-hetero) is 1. The van der Waals surface area contributed by atoms with Gasteiger partial charge in [0.1, 0.15) is 11.6 Å². The summed E-state index contributed by atoms with van der Waals surface area (Å²) in [4.78, 5) is 28.6. The van der Waals surface area contributed by atoms with Crippen molar-refractivity contribution >= 4 is 22.4 Å². The molecule has 7 heteroatoms. The lowest BCUT2D eigenvalue weighted by atomic mass is 10.0. The fraction of sp³-hybridized carbons (Fsp3) is 0.280. The Morgan fingerprint density at radius 3 is 2.62 bits per heavy atom. The summed E-state index contributed by atoms with van der Waals surface area (Å²) in [6, 6.07) is 12.0. The average Bonchev–Trinajstić information content (AvgIpc) is 3.17. The minimum absolute atomic E-state index is 0.0500. The molecule has 1 N–H and O–H groups in total. The number of pyridine rings is 2. The van der Waals surface area contributed by atoms with Crippen LogP contribution < -0.4 is 10.2 Å². The lowest BCUT2D eigenvalue weighted by Gasteiger charge is -2.28. The summed E-state index contributed by atoms with van der Waals surface area (Å²) in [5.74, 6) is 1.88. The number of anilines is 1. The Kier molecular flexibility index (Phi) is 5.41. The quantitative estimate of drug-likeness (QED) is 0.494. The van der Waals surface area contributed by atoms with Crippen molar-refractivity contribution in [3.8, 4) is 11.3 Å². The van der Waals surface area contributed by atoms with Gasteiger partial charge in [-0.2, -0.15) is 0 Å². The molecule has 0 bridgehead atoms. The maximum atomic E-state index is 13.0. The van der Waals surface area contributed by atoms with Crippen molar-refractivity contribution in [3.05, 3.63) is 72.1 Å². The normalized spacial score (nSPS) is 14.1. The van der Waals surface area contributed by atoms with E-state index in [0.717, 1.165) is 65.5 Å². The van der Waals surface area contributed by atoms with Gasteiger partial charge < -0.3 is 14.8 Å². The van der Waals surface area contributed by atoms with Gasteiger partial charge in [0, 0.05) is 67.8 Å². The summed E-state index contributed by atoms with van der Waals surface area (Å²) in [5, 5.41) is 5.45. The summed E-state index contributed by atoms with van der Waals surface area (Å²) >= 11 is 0. The lowest BCUT2D eigenvalue weighted by molar-refractivity contribution is 0.0992. The highest BCUT2D eigenvalue weighted by molar-refractivity contribution is 5.98. The molecule has 0 amide bonds. The van der Waals surface area contributed by atoms with E-state index >= 15 is 0 Å². The second kappa shape index (κ2) is 8.51. The van der Waals surface area contributed by atoms with Gasteiger partial charge in [-0.05, 0) is 36.6 Å². The number of imidazole rings is 1. The molecule has 1 aliphatic rings. The van der Waals surface area contributed by atoms with Crippen molar-refractivity contribution in [2.45, 2.75) is 13.3 Å². The third-order valence-electron chi connectivity index (χ3n) is 6.14. The molecular weight excluding hydrogens is 400 g/mol. The summed E-state index contributed by atoms with van der Waals surface area (Å²) in [6.45, 7) is 5.65. The van der Waals surface area contributed by atoms with Crippen LogP contribution in [0.4, 0.5) is 5.82 Å². The Morgan fingerprint density at radius 2 is 1.84 bits per heavy atom. The van der Waals surface area contributed by atoms with E-state index in [2.05, 4.69) is 47.9 Å². The number of rotatable bonds is 5. The molecule has 0 spiro atoms. The third kappa shape index (κ3) is 3.99. The smallest absolute Gasteiger partial charge is 0.169 e. The van der Waals surface area contributed by atoms with Crippen LogP contribution in [0.15, 0.2) is 55.0 Å². The molecular formula is C25H26N6O. The lowest BCUT2D eigenvalue weighted by Crippen LogP contribution is -2.43. The van der Waals surface area contributed by atoms with Gasteiger partial charge in [-0.15, -0.1) is 0 Å². The fourth-order valence-electron chi connectivity index (χ4n) is 4.14. The van der Waals surface area contributed by atoms with Gasteiger partial charge in [-0.1, -0.05) is 12.1 Å². The van der Waals surface area contributed by atoms with Crippen molar-refractivity contribution in [2.24, 2.45) is 7.05 Å². The number of aryl methyl sites for hydroxylation is 1. The average molecular weight is 427 g/mol. The number of ketones is 1. The highest BCUT2D eigenvalue weighted by Gasteiger charge is 2.15. The first-order chi connectivity index (χ1) is 15.6. The van der Waals surface area contributed by atoms with Crippen LogP contribution in [0.1, 0.15) is 21.9 Å². The number of fused-ring (bicyclic) bond motifs is 1. The zero-order valence-electron chi connectivity index (χ0n) is 18.4. The number of hydrogen-bond acceptors (Lipinski definition) is 6. The van der Waals surface area contributed by atoms with Gasteiger partial charge in [-0.3, -0.25) is 9.78 Å². The van der Waals surface area contributed by atoms with Gasteiger partial charge >= 0.3 is 0 Å². The van der Waals surface area contributed by atoms with E-state index in [0.29, 0.717) is 5.56 Å². The van der Waals surface area contributed by atoms with E-state index in [1.165, 1.54) is 0 Å². The van der Waals surface area contributed by atoms with E-state index < -0.39 is 0 Å². The van der Waals surface area contributed by atoms with Crippen LogP contribution in [0, 0.1) is 6.92 Å². The first-order valence-electron chi connectivity index (χ1n) is 10.9.